The maximum Gasteiger partial charge on any atom is 0.416 e. The Kier molecular flexibility index (Phi) is 5.28. The van der Waals surface area contributed by atoms with Crippen molar-refractivity contribution in [2.24, 2.45) is 0 Å². The lowest BCUT2D eigenvalue weighted by atomic mass is 10.2. The fourth-order valence-electron chi connectivity index (χ4n) is 1.24. The zero-order valence-electron chi connectivity index (χ0n) is 9.99. The first-order valence-corrected chi connectivity index (χ1v) is 5.23. The van der Waals surface area contributed by atoms with Crippen LogP contribution < -0.4 is 0 Å². The minimum Gasteiger partial charge on any atom is -0.207 e. The van der Waals surface area contributed by atoms with Crippen molar-refractivity contribution in [1.82, 2.24) is 0 Å². The first kappa shape index (κ1) is 16.9. The lowest BCUT2D eigenvalue weighted by Gasteiger charge is -2.05. The first-order valence-electron chi connectivity index (χ1n) is 5.23. The van der Waals surface area contributed by atoms with E-state index in [-0.39, 0.29) is 12.1 Å². The topological polar surface area (TPSA) is 0 Å². The Labute approximate surface area is 113 Å². The molecule has 0 bridgehead atoms. The molecule has 0 atom stereocenters. The molecular weight excluding hydrogens is 308 g/mol. The van der Waals surface area contributed by atoms with E-state index in [9.17, 15) is 35.1 Å². The van der Waals surface area contributed by atoms with E-state index in [0.717, 1.165) is 0 Å². The van der Waals surface area contributed by atoms with Gasteiger partial charge in [0.25, 0.3) is 0 Å². The van der Waals surface area contributed by atoms with Crippen LogP contribution in [0.3, 0.4) is 0 Å². The van der Waals surface area contributed by atoms with Gasteiger partial charge in [0.1, 0.15) is 29.1 Å². The van der Waals surface area contributed by atoms with Gasteiger partial charge in [-0.2, -0.15) is 13.2 Å². The Bertz CT molecular complexity index is 547. The quantitative estimate of drug-likeness (QED) is 0.594. The summed E-state index contributed by atoms with van der Waals surface area (Å²) in [6.45, 7) is 0. The summed E-state index contributed by atoms with van der Waals surface area (Å²) in [5.41, 5.74) is -1.32. The second-order valence-corrected chi connectivity index (χ2v) is 3.74. The van der Waals surface area contributed by atoms with E-state index in [1.165, 1.54) is 0 Å². The monoisotopic (exact) mass is 314 g/mol. The molecule has 0 fully saturated rings. The third-order valence-electron chi connectivity index (χ3n) is 2.02. The largest absolute Gasteiger partial charge is 0.416 e. The summed E-state index contributed by atoms with van der Waals surface area (Å²) in [5, 5.41) is 0. The van der Waals surface area contributed by atoms with Crippen LogP contribution in [0, 0.1) is 29.1 Å². The van der Waals surface area contributed by atoms with E-state index in [0.29, 0.717) is 24.3 Å². The fraction of sp³-hybridized carbons (Fsp3) is 0.0769. The van der Waals surface area contributed by atoms with Crippen LogP contribution in [0.5, 0.6) is 0 Å². The molecule has 0 heterocycles. The van der Waals surface area contributed by atoms with E-state index in [1.54, 1.807) is 0 Å². The summed E-state index contributed by atoms with van der Waals surface area (Å²) in [4.78, 5) is 0. The SMILES string of the molecule is Fc1cc(F)cc(C(F)(F)F)c1.Fc1cc(F)cc(F)c1. The molecule has 0 aliphatic carbocycles. The number of hydrogen-bond donors (Lipinski definition) is 0. The van der Waals surface area contributed by atoms with Crippen molar-refractivity contribution in [3.8, 4) is 0 Å². The molecule has 21 heavy (non-hydrogen) atoms. The molecule has 0 N–H and O–H groups in total. The van der Waals surface area contributed by atoms with E-state index in [4.69, 9.17) is 0 Å². The van der Waals surface area contributed by atoms with Crippen LogP contribution in [-0.2, 0) is 6.18 Å². The summed E-state index contributed by atoms with van der Waals surface area (Å²) < 4.78 is 95.7. The third-order valence-corrected chi connectivity index (χ3v) is 2.02. The van der Waals surface area contributed by atoms with Crippen molar-refractivity contribution in [2.45, 2.75) is 6.18 Å². The molecule has 0 spiro atoms. The van der Waals surface area contributed by atoms with Crippen LogP contribution in [0.4, 0.5) is 35.1 Å². The summed E-state index contributed by atoms with van der Waals surface area (Å²) in [6, 6.07) is 2.70. The normalized spacial score (nSPS) is 10.9. The second-order valence-electron chi connectivity index (χ2n) is 3.74. The molecular formula is C13H6F8. The maximum atomic E-state index is 12.2. The number of halogens is 8. The van der Waals surface area contributed by atoms with Gasteiger partial charge >= 0.3 is 6.18 Å². The molecule has 0 amide bonds. The number of rotatable bonds is 0. The Morgan fingerprint density at radius 2 is 0.714 bits per heavy atom. The zero-order chi connectivity index (χ0) is 16.2. The fourth-order valence-corrected chi connectivity index (χ4v) is 1.24. The Hall–Kier alpha value is -2.12. The summed E-state index contributed by atoms with van der Waals surface area (Å²) in [7, 11) is 0. The molecule has 0 nitrogen and oxygen atoms in total. The zero-order valence-corrected chi connectivity index (χ0v) is 9.99. The average Bonchev–Trinajstić information content (AvgIpc) is 2.24. The van der Waals surface area contributed by atoms with Crippen LogP contribution in [0.2, 0.25) is 0 Å². The maximum absolute atomic E-state index is 12.2. The highest BCUT2D eigenvalue weighted by atomic mass is 19.4. The van der Waals surface area contributed by atoms with Gasteiger partial charge in [-0.3, -0.25) is 0 Å². The Morgan fingerprint density at radius 3 is 0.952 bits per heavy atom. The van der Waals surface area contributed by atoms with Gasteiger partial charge in [0.2, 0.25) is 0 Å². The number of alkyl halides is 3. The van der Waals surface area contributed by atoms with Crippen molar-refractivity contribution in [3.63, 3.8) is 0 Å². The molecule has 2 rings (SSSR count). The molecule has 0 aliphatic heterocycles. The molecule has 0 aliphatic rings. The lowest BCUT2D eigenvalue weighted by molar-refractivity contribution is -0.138. The van der Waals surface area contributed by atoms with E-state index in [2.05, 4.69) is 0 Å². The van der Waals surface area contributed by atoms with Crippen LogP contribution in [-0.4, -0.2) is 0 Å². The van der Waals surface area contributed by atoms with Crippen LogP contribution in [0.1, 0.15) is 5.56 Å². The Morgan fingerprint density at radius 1 is 0.476 bits per heavy atom. The first-order chi connectivity index (χ1) is 9.57. The van der Waals surface area contributed by atoms with Crippen molar-refractivity contribution in [1.29, 1.82) is 0 Å². The van der Waals surface area contributed by atoms with Gasteiger partial charge in [-0.1, -0.05) is 0 Å². The molecule has 0 unspecified atom stereocenters. The van der Waals surface area contributed by atoms with Crippen LogP contribution in [0.15, 0.2) is 36.4 Å². The van der Waals surface area contributed by atoms with Gasteiger partial charge < -0.3 is 0 Å². The van der Waals surface area contributed by atoms with Crippen molar-refractivity contribution in [2.75, 3.05) is 0 Å². The highest BCUT2D eigenvalue weighted by Crippen LogP contribution is 2.29. The number of hydrogen-bond acceptors (Lipinski definition) is 0. The predicted molar refractivity (Wildman–Crippen MR) is 57.7 cm³/mol. The summed E-state index contributed by atoms with van der Waals surface area (Å²) >= 11 is 0. The van der Waals surface area contributed by atoms with Crippen molar-refractivity contribution >= 4 is 0 Å². The average molecular weight is 314 g/mol. The van der Waals surface area contributed by atoms with Gasteiger partial charge in [0.15, 0.2) is 0 Å². The van der Waals surface area contributed by atoms with Crippen LogP contribution in [0.25, 0.3) is 0 Å². The van der Waals surface area contributed by atoms with Crippen molar-refractivity contribution < 1.29 is 35.1 Å². The molecule has 0 radical (unpaired) electrons. The molecule has 0 aromatic heterocycles. The van der Waals surface area contributed by atoms with Gasteiger partial charge in [-0.15, -0.1) is 0 Å². The van der Waals surface area contributed by atoms with E-state index in [1.807, 2.05) is 0 Å². The minimum absolute atomic E-state index is 0.239. The molecule has 0 saturated carbocycles. The van der Waals surface area contributed by atoms with Gasteiger partial charge in [0, 0.05) is 24.3 Å². The van der Waals surface area contributed by atoms with Crippen molar-refractivity contribution in [3.05, 3.63) is 71.0 Å². The Balaban J connectivity index is 0.000000219. The molecule has 0 saturated heterocycles. The summed E-state index contributed by atoms with van der Waals surface area (Å²) in [5.74, 6) is -5.16. The second kappa shape index (κ2) is 6.55. The minimum atomic E-state index is -4.71. The van der Waals surface area contributed by atoms with E-state index >= 15 is 0 Å². The number of benzene rings is 2. The molecule has 2 aromatic carbocycles. The van der Waals surface area contributed by atoms with Gasteiger partial charge in [-0.25, -0.2) is 22.0 Å². The highest BCUT2D eigenvalue weighted by Gasteiger charge is 2.31. The smallest absolute Gasteiger partial charge is 0.207 e. The van der Waals surface area contributed by atoms with Crippen LogP contribution >= 0.6 is 0 Å². The molecule has 114 valence electrons. The molecule has 2 aromatic rings. The van der Waals surface area contributed by atoms with Gasteiger partial charge in [0.05, 0.1) is 5.56 Å². The van der Waals surface area contributed by atoms with Gasteiger partial charge in [-0.05, 0) is 12.1 Å². The lowest BCUT2D eigenvalue weighted by Crippen LogP contribution is -2.05. The molecule has 8 heteroatoms. The summed E-state index contributed by atoms with van der Waals surface area (Å²) in [6.07, 6.45) is -4.71. The standard InChI is InChI=1S/C7H3F5.C6H3F3/c8-5-1-4(7(10,11)12)2-6(9)3-5;7-4-1-5(8)3-6(9)2-4/h1-3H;1-3H. The highest BCUT2D eigenvalue weighted by molar-refractivity contribution is 5.20. The predicted octanol–water partition coefficient (Wildman–Crippen LogP) is 5.09. The third kappa shape index (κ3) is 5.80. The van der Waals surface area contributed by atoms with E-state index < -0.39 is 40.8 Å².